The van der Waals surface area contributed by atoms with Crippen LogP contribution in [-0.4, -0.2) is 38.4 Å². The lowest BCUT2D eigenvalue weighted by atomic mass is 9.91. The molecule has 1 aliphatic rings. The average Bonchev–Trinajstić information content (AvgIpc) is 2.92. The van der Waals surface area contributed by atoms with E-state index in [-0.39, 0.29) is 62.8 Å². The molecule has 1 atom stereocenters. The first-order valence-corrected chi connectivity index (χ1v) is 12.4. The van der Waals surface area contributed by atoms with Crippen molar-refractivity contribution in [2.75, 3.05) is 7.11 Å². The van der Waals surface area contributed by atoms with Crippen molar-refractivity contribution in [3.8, 4) is 62.7 Å². The summed E-state index contributed by atoms with van der Waals surface area (Å²) in [5, 5.41) is 51.7. The molecule has 0 saturated heterocycles. The number of ketones is 1. The maximum atomic E-state index is 13.2. The van der Waals surface area contributed by atoms with Crippen LogP contribution in [0.4, 0.5) is 0 Å². The number of rotatable bonds is 4. The number of fused-ring (bicyclic) bond motifs is 2. The standard InChI is InChI=1S/C31H22O10/c1-39-23-7-4-15(25-11-21(36)29-19(34)9-17(33)10-26(29)41-25)8-18(23)28-20(35)13-27-30(31(28)38)22(37)12-24(40-27)14-2-5-16(32)6-3-14/h2-11,13,24,32-35,38H,12H2,1H3. The third kappa shape index (κ3) is 4.31. The first-order valence-electron chi connectivity index (χ1n) is 12.4. The quantitative estimate of drug-likeness (QED) is 0.195. The van der Waals surface area contributed by atoms with Gasteiger partial charge in [-0.2, -0.15) is 0 Å². The summed E-state index contributed by atoms with van der Waals surface area (Å²) in [6.45, 7) is 0. The van der Waals surface area contributed by atoms with E-state index in [0.717, 1.165) is 12.1 Å². The van der Waals surface area contributed by atoms with Crippen LogP contribution in [0.5, 0.6) is 40.2 Å². The van der Waals surface area contributed by atoms with Gasteiger partial charge in [0.15, 0.2) is 11.2 Å². The molecule has 2 heterocycles. The molecule has 10 nitrogen and oxygen atoms in total. The number of aromatic hydroxyl groups is 5. The van der Waals surface area contributed by atoms with Gasteiger partial charge in [-0.3, -0.25) is 9.59 Å². The highest BCUT2D eigenvalue weighted by Crippen LogP contribution is 2.51. The van der Waals surface area contributed by atoms with Crippen LogP contribution in [0.1, 0.15) is 28.4 Å². The fraction of sp³-hybridized carbons (Fsp3) is 0.0968. The molecule has 6 rings (SSSR count). The highest BCUT2D eigenvalue weighted by molar-refractivity contribution is 6.06. The number of Topliss-reactive ketones (excluding diaryl/α,β-unsaturated/α-hetero) is 1. The summed E-state index contributed by atoms with van der Waals surface area (Å²) >= 11 is 0. The Morgan fingerprint density at radius 3 is 2.29 bits per heavy atom. The number of ether oxygens (including phenoxy) is 2. The Morgan fingerprint density at radius 2 is 1.56 bits per heavy atom. The summed E-state index contributed by atoms with van der Waals surface area (Å²) < 4.78 is 17.2. The Morgan fingerprint density at radius 1 is 0.805 bits per heavy atom. The maximum Gasteiger partial charge on any atom is 0.197 e. The van der Waals surface area contributed by atoms with Gasteiger partial charge >= 0.3 is 0 Å². The van der Waals surface area contributed by atoms with Gasteiger partial charge in [-0.1, -0.05) is 12.1 Å². The second-order valence-corrected chi connectivity index (χ2v) is 9.55. The zero-order valence-electron chi connectivity index (χ0n) is 21.4. The number of phenolic OH excluding ortho intramolecular Hbond substituents is 5. The summed E-state index contributed by atoms with van der Waals surface area (Å²) in [4.78, 5) is 26.0. The van der Waals surface area contributed by atoms with Gasteiger partial charge in [-0.15, -0.1) is 0 Å². The molecule has 5 aromatic rings. The summed E-state index contributed by atoms with van der Waals surface area (Å²) in [6, 6.07) is 15.4. The molecule has 5 N–H and O–H groups in total. The van der Waals surface area contributed by atoms with Crippen molar-refractivity contribution in [2.45, 2.75) is 12.5 Å². The lowest BCUT2D eigenvalue weighted by Gasteiger charge is -2.27. The smallest absolute Gasteiger partial charge is 0.197 e. The average molecular weight is 555 g/mol. The van der Waals surface area contributed by atoms with Gasteiger partial charge in [0, 0.05) is 35.4 Å². The molecule has 10 heteroatoms. The molecule has 0 spiro atoms. The number of carbonyl (C=O) groups excluding carboxylic acids is 1. The topological polar surface area (TPSA) is 167 Å². The second kappa shape index (κ2) is 9.53. The largest absolute Gasteiger partial charge is 0.508 e. The molecule has 0 amide bonds. The van der Waals surface area contributed by atoms with E-state index < -0.39 is 34.6 Å². The van der Waals surface area contributed by atoms with E-state index in [2.05, 4.69) is 0 Å². The minimum absolute atomic E-state index is 0.00617. The van der Waals surface area contributed by atoms with E-state index in [1.807, 2.05) is 0 Å². The van der Waals surface area contributed by atoms with E-state index in [4.69, 9.17) is 13.9 Å². The second-order valence-electron chi connectivity index (χ2n) is 9.55. The molecule has 0 radical (unpaired) electrons. The molecule has 41 heavy (non-hydrogen) atoms. The molecule has 0 aliphatic carbocycles. The third-order valence-electron chi connectivity index (χ3n) is 6.98. The Bertz CT molecular complexity index is 1920. The van der Waals surface area contributed by atoms with E-state index in [1.165, 1.54) is 43.5 Å². The van der Waals surface area contributed by atoms with Crippen molar-refractivity contribution < 1.29 is 44.2 Å². The minimum Gasteiger partial charge on any atom is -0.508 e. The molecule has 0 bridgehead atoms. The Hall–Kier alpha value is -5.64. The SMILES string of the molecule is COc1ccc(-c2cc(=O)c3c(O)cc(O)cc3o2)cc1-c1c(O)cc2c(c1O)C(=O)CC(c1ccc(O)cc1)O2. The van der Waals surface area contributed by atoms with Crippen molar-refractivity contribution in [1.29, 1.82) is 0 Å². The maximum absolute atomic E-state index is 13.2. The molecule has 1 unspecified atom stereocenters. The fourth-order valence-corrected chi connectivity index (χ4v) is 5.05. The van der Waals surface area contributed by atoms with Crippen LogP contribution >= 0.6 is 0 Å². The first kappa shape index (κ1) is 25.6. The predicted molar refractivity (Wildman–Crippen MR) is 147 cm³/mol. The van der Waals surface area contributed by atoms with Crippen molar-refractivity contribution >= 4 is 16.8 Å². The summed E-state index contributed by atoms with van der Waals surface area (Å²) in [5.41, 5.74) is 0.364. The normalized spacial score (nSPS) is 14.5. The number of hydrogen-bond acceptors (Lipinski definition) is 10. The predicted octanol–water partition coefficient (Wildman–Crippen LogP) is 5.37. The highest BCUT2D eigenvalue weighted by atomic mass is 16.5. The molecule has 0 fully saturated rings. The Balaban J connectivity index is 1.47. The van der Waals surface area contributed by atoms with E-state index >= 15 is 0 Å². The molecule has 0 saturated carbocycles. The van der Waals surface area contributed by atoms with Gasteiger partial charge in [0.1, 0.15) is 68.6 Å². The minimum atomic E-state index is -0.687. The molecule has 1 aliphatic heterocycles. The molecule has 4 aromatic carbocycles. The van der Waals surface area contributed by atoms with Crippen LogP contribution in [0.2, 0.25) is 0 Å². The number of phenols is 5. The summed E-state index contributed by atoms with van der Waals surface area (Å²) in [6.07, 6.45) is -0.776. The van der Waals surface area contributed by atoms with Gasteiger partial charge in [-0.05, 0) is 35.9 Å². The van der Waals surface area contributed by atoms with Crippen LogP contribution < -0.4 is 14.9 Å². The van der Waals surface area contributed by atoms with Crippen molar-refractivity contribution in [3.63, 3.8) is 0 Å². The fourth-order valence-electron chi connectivity index (χ4n) is 5.05. The molecule has 1 aromatic heterocycles. The highest BCUT2D eigenvalue weighted by Gasteiger charge is 2.34. The van der Waals surface area contributed by atoms with Crippen molar-refractivity contribution in [2.24, 2.45) is 0 Å². The van der Waals surface area contributed by atoms with Gasteiger partial charge in [-0.25, -0.2) is 0 Å². The van der Waals surface area contributed by atoms with Crippen LogP contribution in [0, 0.1) is 0 Å². The number of benzene rings is 4. The third-order valence-corrected chi connectivity index (χ3v) is 6.98. The van der Waals surface area contributed by atoms with Crippen LogP contribution in [0.3, 0.4) is 0 Å². The van der Waals surface area contributed by atoms with Gasteiger partial charge < -0.3 is 39.4 Å². The number of carbonyl (C=O) groups is 1. The number of hydrogen-bond donors (Lipinski definition) is 5. The lowest BCUT2D eigenvalue weighted by Crippen LogP contribution is -2.20. The lowest BCUT2D eigenvalue weighted by molar-refractivity contribution is 0.0845. The van der Waals surface area contributed by atoms with Crippen molar-refractivity contribution in [3.05, 3.63) is 88.1 Å². The van der Waals surface area contributed by atoms with Gasteiger partial charge in [0.05, 0.1) is 19.1 Å². The van der Waals surface area contributed by atoms with Crippen LogP contribution in [0.25, 0.3) is 33.4 Å². The van der Waals surface area contributed by atoms with Gasteiger partial charge in [0.25, 0.3) is 0 Å². The molecule has 206 valence electrons. The number of methoxy groups -OCH3 is 1. The van der Waals surface area contributed by atoms with E-state index in [0.29, 0.717) is 11.1 Å². The Labute approximate surface area is 231 Å². The van der Waals surface area contributed by atoms with Gasteiger partial charge in [0.2, 0.25) is 0 Å². The van der Waals surface area contributed by atoms with E-state index in [1.54, 1.807) is 18.2 Å². The zero-order chi connectivity index (χ0) is 29.0. The monoisotopic (exact) mass is 554 g/mol. The Kier molecular flexibility index (Phi) is 5.95. The molecular formula is C31H22O10. The van der Waals surface area contributed by atoms with Crippen LogP contribution in [0.15, 0.2) is 75.9 Å². The zero-order valence-corrected chi connectivity index (χ0v) is 21.4. The van der Waals surface area contributed by atoms with Crippen LogP contribution in [-0.2, 0) is 0 Å². The first-order chi connectivity index (χ1) is 19.6. The summed E-state index contributed by atoms with van der Waals surface area (Å²) in [7, 11) is 1.39. The van der Waals surface area contributed by atoms with Crippen molar-refractivity contribution in [1.82, 2.24) is 0 Å². The summed E-state index contributed by atoms with van der Waals surface area (Å²) in [5.74, 6) is -1.69. The molecular weight excluding hydrogens is 532 g/mol. The van der Waals surface area contributed by atoms with E-state index in [9.17, 15) is 35.1 Å².